The lowest BCUT2D eigenvalue weighted by Crippen LogP contribution is -2.34. The minimum Gasteiger partial charge on any atom is -0.352 e. The minimum absolute atomic E-state index is 0.142. The van der Waals surface area contributed by atoms with Gasteiger partial charge in [-0.3, -0.25) is 0 Å². The summed E-state index contributed by atoms with van der Waals surface area (Å²) in [5.74, 6) is 0. The van der Waals surface area contributed by atoms with Gasteiger partial charge in [0.15, 0.2) is 0 Å². The molecule has 0 aliphatic carbocycles. The summed E-state index contributed by atoms with van der Waals surface area (Å²) >= 11 is 0. The van der Waals surface area contributed by atoms with Crippen LogP contribution in [0.2, 0.25) is 0 Å². The molecule has 0 fully saturated rings. The third-order valence-corrected chi connectivity index (χ3v) is 1.85. The molecular formula is C9H11N5O. The van der Waals surface area contributed by atoms with Crippen LogP contribution in [0, 0.1) is 0 Å². The third kappa shape index (κ3) is 3.58. The molecule has 0 radical (unpaired) electrons. The van der Waals surface area contributed by atoms with Gasteiger partial charge in [0.05, 0.1) is 12.6 Å². The summed E-state index contributed by atoms with van der Waals surface area (Å²) in [7, 11) is 0. The second-order valence-electron chi connectivity index (χ2n) is 2.89. The van der Waals surface area contributed by atoms with Crippen LogP contribution in [-0.4, -0.2) is 12.6 Å². The van der Waals surface area contributed by atoms with E-state index in [4.69, 9.17) is 11.3 Å². The zero-order chi connectivity index (χ0) is 11.1. The molecule has 0 heterocycles. The molecule has 0 spiro atoms. The Hall–Kier alpha value is -2.20. The molecule has 3 N–H and O–H groups in total. The van der Waals surface area contributed by atoms with Crippen molar-refractivity contribution in [1.29, 1.82) is 0 Å². The van der Waals surface area contributed by atoms with Crippen molar-refractivity contribution < 1.29 is 4.79 Å². The maximum Gasteiger partial charge on any atom is 0.312 e. The van der Waals surface area contributed by atoms with Crippen molar-refractivity contribution >= 4 is 6.03 Å². The molecule has 2 amide bonds. The molecule has 78 valence electrons. The van der Waals surface area contributed by atoms with Crippen LogP contribution in [0.15, 0.2) is 35.4 Å². The second kappa shape index (κ2) is 5.51. The Bertz CT molecular complexity index is 367. The first-order valence-electron chi connectivity index (χ1n) is 4.36. The minimum atomic E-state index is -0.642. The molecule has 0 aliphatic rings. The van der Waals surface area contributed by atoms with E-state index in [1.807, 2.05) is 30.3 Å². The van der Waals surface area contributed by atoms with Crippen molar-refractivity contribution in [3.05, 3.63) is 46.3 Å². The van der Waals surface area contributed by atoms with E-state index in [1.54, 1.807) is 0 Å². The fourth-order valence-electron chi connectivity index (χ4n) is 1.21. The molecular weight excluding hydrogens is 194 g/mol. The van der Waals surface area contributed by atoms with Crippen molar-refractivity contribution in [2.45, 2.75) is 6.04 Å². The Labute approximate surface area is 86.7 Å². The summed E-state index contributed by atoms with van der Waals surface area (Å²) in [6.07, 6.45) is 0. The monoisotopic (exact) mass is 205 g/mol. The van der Waals surface area contributed by atoms with Gasteiger partial charge in [-0.15, -0.1) is 0 Å². The zero-order valence-electron chi connectivity index (χ0n) is 8.00. The molecule has 0 saturated carbocycles. The van der Waals surface area contributed by atoms with Gasteiger partial charge in [-0.1, -0.05) is 35.4 Å². The topological polar surface area (TPSA) is 104 Å². The highest BCUT2D eigenvalue weighted by Gasteiger charge is 2.10. The Morgan fingerprint density at radius 3 is 2.73 bits per heavy atom. The van der Waals surface area contributed by atoms with Crippen LogP contribution >= 0.6 is 0 Å². The molecule has 15 heavy (non-hydrogen) atoms. The molecule has 1 aromatic carbocycles. The smallest absolute Gasteiger partial charge is 0.312 e. The highest BCUT2D eigenvalue weighted by atomic mass is 16.2. The van der Waals surface area contributed by atoms with E-state index >= 15 is 0 Å². The number of carbonyl (C=O) groups is 1. The van der Waals surface area contributed by atoms with Gasteiger partial charge in [-0.25, -0.2) is 4.79 Å². The van der Waals surface area contributed by atoms with Gasteiger partial charge in [-0.05, 0) is 11.1 Å². The molecule has 0 bridgehead atoms. The van der Waals surface area contributed by atoms with Crippen LogP contribution in [-0.2, 0) is 0 Å². The summed E-state index contributed by atoms with van der Waals surface area (Å²) in [6, 6.07) is 8.17. The van der Waals surface area contributed by atoms with Gasteiger partial charge >= 0.3 is 6.03 Å². The van der Waals surface area contributed by atoms with Crippen molar-refractivity contribution in [2.75, 3.05) is 6.54 Å². The lowest BCUT2D eigenvalue weighted by molar-refractivity contribution is 0.245. The molecule has 6 heteroatoms. The van der Waals surface area contributed by atoms with Crippen LogP contribution in [0.5, 0.6) is 0 Å². The predicted molar refractivity (Wildman–Crippen MR) is 55.9 cm³/mol. The Kier molecular flexibility index (Phi) is 4.00. The van der Waals surface area contributed by atoms with Gasteiger partial charge in [-0.2, -0.15) is 0 Å². The highest BCUT2D eigenvalue weighted by Crippen LogP contribution is 2.12. The number of benzene rings is 1. The lowest BCUT2D eigenvalue weighted by Gasteiger charge is -2.15. The predicted octanol–water partition coefficient (Wildman–Crippen LogP) is 1.71. The van der Waals surface area contributed by atoms with Crippen LogP contribution in [0.3, 0.4) is 0 Å². The van der Waals surface area contributed by atoms with Crippen LogP contribution in [0.25, 0.3) is 10.4 Å². The first kappa shape index (κ1) is 10.9. The van der Waals surface area contributed by atoms with Gasteiger partial charge in [0.25, 0.3) is 0 Å². The number of nitrogens with two attached hydrogens (primary N) is 1. The first-order valence-corrected chi connectivity index (χ1v) is 4.36. The first-order chi connectivity index (χ1) is 7.24. The molecule has 6 nitrogen and oxygen atoms in total. The number of azide groups is 1. The zero-order valence-corrected chi connectivity index (χ0v) is 8.00. The Morgan fingerprint density at radius 1 is 1.53 bits per heavy atom. The maximum absolute atomic E-state index is 10.7. The van der Waals surface area contributed by atoms with Crippen LogP contribution in [0.4, 0.5) is 4.79 Å². The van der Waals surface area contributed by atoms with Crippen molar-refractivity contribution in [3.63, 3.8) is 0 Å². The van der Waals surface area contributed by atoms with Gasteiger partial charge in [0.2, 0.25) is 0 Å². The normalized spacial score (nSPS) is 11.2. The molecule has 1 atom stereocenters. The number of hydrogen-bond acceptors (Lipinski definition) is 2. The number of primary amides is 1. The van der Waals surface area contributed by atoms with Crippen molar-refractivity contribution in [3.8, 4) is 0 Å². The summed E-state index contributed by atoms with van der Waals surface area (Å²) in [5.41, 5.74) is 14.1. The number of hydrogen-bond donors (Lipinski definition) is 2. The summed E-state index contributed by atoms with van der Waals surface area (Å²) in [5, 5.41) is 5.92. The standard InChI is InChI=1S/C9H11N5O/c10-9(15)13-8(6-12-14-11)7-4-2-1-3-5-7/h1-5,8H,6H2,(H3,10,13,15). The average molecular weight is 205 g/mol. The number of amides is 2. The summed E-state index contributed by atoms with van der Waals surface area (Å²) in [6.45, 7) is 0.142. The van der Waals surface area contributed by atoms with E-state index < -0.39 is 6.03 Å². The second-order valence-corrected chi connectivity index (χ2v) is 2.89. The number of carbonyl (C=O) groups excluding carboxylic acids is 1. The van der Waals surface area contributed by atoms with E-state index in [2.05, 4.69) is 15.3 Å². The number of nitrogens with one attached hydrogen (secondary N) is 1. The van der Waals surface area contributed by atoms with E-state index in [-0.39, 0.29) is 12.6 Å². The highest BCUT2D eigenvalue weighted by molar-refractivity contribution is 5.72. The quantitative estimate of drug-likeness (QED) is 0.436. The Morgan fingerprint density at radius 2 is 2.20 bits per heavy atom. The average Bonchev–Trinajstić information content (AvgIpc) is 2.25. The molecule has 1 unspecified atom stereocenters. The molecule has 0 aromatic heterocycles. The summed E-state index contributed by atoms with van der Waals surface area (Å²) in [4.78, 5) is 13.4. The molecule has 0 aliphatic heterocycles. The van der Waals surface area contributed by atoms with Crippen molar-refractivity contribution in [2.24, 2.45) is 10.8 Å². The van der Waals surface area contributed by atoms with E-state index in [9.17, 15) is 4.79 Å². The van der Waals surface area contributed by atoms with Crippen molar-refractivity contribution in [1.82, 2.24) is 5.32 Å². The van der Waals surface area contributed by atoms with E-state index in [1.165, 1.54) is 0 Å². The van der Waals surface area contributed by atoms with Crippen LogP contribution in [0.1, 0.15) is 11.6 Å². The van der Waals surface area contributed by atoms with E-state index in [0.717, 1.165) is 5.56 Å². The molecule has 1 aromatic rings. The SMILES string of the molecule is [N-]=[N+]=NCC(NC(N)=O)c1ccccc1. The molecule has 1 rings (SSSR count). The number of rotatable bonds is 4. The number of urea groups is 1. The van der Waals surface area contributed by atoms with Gasteiger partial charge < -0.3 is 11.1 Å². The Balaban J connectivity index is 2.80. The van der Waals surface area contributed by atoms with Gasteiger partial charge in [0, 0.05) is 4.91 Å². The molecule has 0 saturated heterocycles. The van der Waals surface area contributed by atoms with Gasteiger partial charge in [0.1, 0.15) is 0 Å². The summed E-state index contributed by atoms with van der Waals surface area (Å²) < 4.78 is 0. The largest absolute Gasteiger partial charge is 0.352 e. The van der Waals surface area contributed by atoms with E-state index in [0.29, 0.717) is 0 Å². The number of nitrogens with zero attached hydrogens (tertiary/aromatic N) is 3. The lowest BCUT2D eigenvalue weighted by atomic mass is 10.1. The maximum atomic E-state index is 10.7. The fraction of sp³-hybridized carbons (Fsp3) is 0.222. The van der Waals surface area contributed by atoms with Crippen LogP contribution < -0.4 is 11.1 Å². The fourth-order valence-corrected chi connectivity index (χ4v) is 1.21. The third-order valence-electron chi connectivity index (χ3n) is 1.85.